The van der Waals surface area contributed by atoms with Crippen molar-refractivity contribution in [2.75, 3.05) is 0 Å². The number of fused-ring (bicyclic) bond motifs is 1. The summed E-state index contributed by atoms with van der Waals surface area (Å²) < 4.78 is 1.57. The van der Waals surface area contributed by atoms with E-state index in [-0.39, 0.29) is 12.2 Å². The van der Waals surface area contributed by atoms with Gasteiger partial charge in [0.25, 0.3) is 5.69 Å². The van der Waals surface area contributed by atoms with Crippen LogP contribution < -0.4 is 0 Å². The molecular formula is C10H8N2O3. The Hall–Kier alpha value is -2.17. The monoisotopic (exact) mass is 204 g/mol. The second-order valence-corrected chi connectivity index (χ2v) is 3.11. The SMILES string of the molecule is O=CCn1ccc2cccc([N+](=O)[O-])c21. The molecule has 0 saturated heterocycles. The fraction of sp³-hybridized carbons (Fsp3) is 0.100. The van der Waals surface area contributed by atoms with Crippen LogP contribution in [0.15, 0.2) is 30.5 Å². The van der Waals surface area contributed by atoms with Gasteiger partial charge in [0.15, 0.2) is 0 Å². The molecule has 0 amide bonds. The zero-order valence-corrected chi connectivity index (χ0v) is 7.79. The van der Waals surface area contributed by atoms with Crippen molar-refractivity contribution in [3.8, 4) is 0 Å². The summed E-state index contributed by atoms with van der Waals surface area (Å²) in [6, 6.07) is 6.60. The molecule has 0 bridgehead atoms. The van der Waals surface area contributed by atoms with Crippen molar-refractivity contribution in [3.63, 3.8) is 0 Å². The van der Waals surface area contributed by atoms with Gasteiger partial charge in [-0.15, -0.1) is 0 Å². The summed E-state index contributed by atoms with van der Waals surface area (Å²) in [5.41, 5.74) is 0.522. The zero-order chi connectivity index (χ0) is 10.8. The van der Waals surface area contributed by atoms with Gasteiger partial charge in [-0.05, 0) is 6.07 Å². The van der Waals surface area contributed by atoms with Crippen molar-refractivity contribution in [2.45, 2.75) is 6.54 Å². The Kier molecular flexibility index (Phi) is 2.21. The number of nitro groups is 1. The number of benzene rings is 1. The van der Waals surface area contributed by atoms with Gasteiger partial charge in [-0.1, -0.05) is 12.1 Å². The summed E-state index contributed by atoms with van der Waals surface area (Å²) in [7, 11) is 0. The standard InChI is InChI=1S/C10H8N2O3/c13-7-6-11-5-4-8-2-1-3-9(10(8)11)12(14)15/h1-5,7H,6H2. The average molecular weight is 204 g/mol. The Morgan fingerprint density at radius 1 is 1.40 bits per heavy atom. The molecule has 5 nitrogen and oxygen atoms in total. The predicted octanol–water partition coefficient (Wildman–Crippen LogP) is 1.75. The predicted molar refractivity (Wildman–Crippen MR) is 54.7 cm³/mol. The second kappa shape index (κ2) is 3.53. The molecule has 15 heavy (non-hydrogen) atoms. The smallest absolute Gasteiger partial charge is 0.293 e. The van der Waals surface area contributed by atoms with Gasteiger partial charge < -0.3 is 9.36 Å². The maximum atomic E-state index is 10.8. The minimum absolute atomic E-state index is 0.0272. The van der Waals surface area contributed by atoms with E-state index in [0.717, 1.165) is 11.7 Å². The van der Waals surface area contributed by atoms with Gasteiger partial charge in [-0.25, -0.2) is 0 Å². The molecule has 0 aliphatic heterocycles. The highest BCUT2D eigenvalue weighted by Gasteiger charge is 2.14. The van der Waals surface area contributed by atoms with E-state index in [9.17, 15) is 14.9 Å². The third-order valence-electron chi connectivity index (χ3n) is 2.24. The van der Waals surface area contributed by atoms with Crippen molar-refractivity contribution < 1.29 is 9.72 Å². The van der Waals surface area contributed by atoms with E-state index in [2.05, 4.69) is 0 Å². The van der Waals surface area contributed by atoms with Crippen molar-refractivity contribution in [2.24, 2.45) is 0 Å². The number of para-hydroxylation sites is 1. The maximum Gasteiger partial charge on any atom is 0.293 e. The van der Waals surface area contributed by atoms with Gasteiger partial charge in [0.05, 0.1) is 11.5 Å². The Balaban J connectivity index is 2.74. The molecule has 0 aliphatic rings. The van der Waals surface area contributed by atoms with Crippen LogP contribution in [0.1, 0.15) is 0 Å². The van der Waals surface area contributed by atoms with Crippen LogP contribution >= 0.6 is 0 Å². The third-order valence-corrected chi connectivity index (χ3v) is 2.24. The van der Waals surface area contributed by atoms with Crippen molar-refractivity contribution in [3.05, 3.63) is 40.6 Å². The van der Waals surface area contributed by atoms with Crippen molar-refractivity contribution >= 4 is 22.9 Å². The fourth-order valence-electron chi connectivity index (χ4n) is 1.62. The lowest BCUT2D eigenvalue weighted by Gasteiger charge is -2.00. The molecule has 0 unspecified atom stereocenters. The van der Waals surface area contributed by atoms with Crippen LogP contribution in [-0.4, -0.2) is 15.8 Å². The largest absolute Gasteiger partial charge is 0.335 e. The number of rotatable bonds is 3. The zero-order valence-electron chi connectivity index (χ0n) is 7.79. The second-order valence-electron chi connectivity index (χ2n) is 3.11. The number of non-ortho nitro benzene ring substituents is 1. The molecule has 2 aromatic rings. The molecule has 1 aromatic heterocycles. The van der Waals surface area contributed by atoms with Gasteiger partial charge >= 0.3 is 0 Å². The Morgan fingerprint density at radius 2 is 2.20 bits per heavy atom. The quantitative estimate of drug-likeness (QED) is 0.434. The number of hydrogen-bond acceptors (Lipinski definition) is 3. The van der Waals surface area contributed by atoms with Gasteiger partial charge in [-0.3, -0.25) is 10.1 Å². The number of aldehydes is 1. The summed E-state index contributed by atoms with van der Waals surface area (Å²) in [6.45, 7) is 0.133. The van der Waals surface area contributed by atoms with Crippen molar-refractivity contribution in [1.29, 1.82) is 0 Å². The molecule has 76 valence electrons. The molecule has 1 heterocycles. The number of nitro benzene ring substituents is 1. The minimum atomic E-state index is -0.441. The lowest BCUT2D eigenvalue weighted by Crippen LogP contribution is -1.99. The first-order valence-electron chi connectivity index (χ1n) is 4.40. The first kappa shape index (κ1) is 9.39. The Labute approximate surface area is 85.1 Å². The van der Waals surface area contributed by atoms with Gasteiger partial charge in [0.2, 0.25) is 0 Å². The normalized spacial score (nSPS) is 10.4. The summed E-state index contributed by atoms with van der Waals surface area (Å²) in [6.07, 6.45) is 2.39. The summed E-state index contributed by atoms with van der Waals surface area (Å²) in [5.74, 6) is 0. The van der Waals surface area contributed by atoms with E-state index < -0.39 is 4.92 Å². The highest BCUT2D eigenvalue weighted by molar-refractivity contribution is 5.88. The Morgan fingerprint density at radius 3 is 2.87 bits per heavy atom. The highest BCUT2D eigenvalue weighted by Crippen LogP contribution is 2.25. The van der Waals surface area contributed by atoms with Gasteiger partial charge in [0, 0.05) is 17.6 Å². The molecule has 5 heteroatoms. The molecule has 0 atom stereocenters. The lowest BCUT2D eigenvalue weighted by atomic mass is 10.2. The van der Waals surface area contributed by atoms with Crippen LogP contribution in [-0.2, 0) is 11.3 Å². The van der Waals surface area contributed by atoms with Gasteiger partial charge in [0.1, 0.15) is 11.8 Å². The van der Waals surface area contributed by atoms with Gasteiger partial charge in [-0.2, -0.15) is 0 Å². The molecule has 1 aromatic carbocycles. The summed E-state index contributed by atoms with van der Waals surface area (Å²) in [4.78, 5) is 20.7. The summed E-state index contributed by atoms with van der Waals surface area (Å²) in [5, 5.41) is 11.5. The van der Waals surface area contributed by atoms with E-state index in [1.165, 1.54) is 6.07 Å². The molecular weight excluding hydrogens is 196 g/mol. The minimum Gasteiger partial charge on any atom is -0.335 e. The van der Waals surface area contributed by atoms with E-state index in [1.54, 1.807) is 29.0 Å². The number of hydrogen-bond donors (Lipinski definition) is 0. The van der Waals surface area contributed by atoms with Crippen LogP contribution in [0, 0.1) is 10.1 Å². The molecule has 0 N–H and O–H groups in total. The van der Waals surface area contributed by atoms with Crippen LogP contribution in [0.25, 0.3) is 10.9 Å². The topological polar surface area (TPSA) is 65.1 Å². The molecule has 0 aliphatic carbocycles. The van der Waals surface area contributed by atoms with E-state index in [1.807, 2.05) is 0 Å². The van der Waals surface area contributed by atoms with E-state index in [4.69, 9.17) is 0 Å². The highest BCUT2D eigenvalue weighted by atomic mass is 16.6. The molecule has 0 fully saturated rings. The average Bonchev–Trinajstić information content (AvgIpc) is 2.62. The summed E-state index contributed by atoms with van der Waals surface area (Å²) >= 11 is 0. The number of nitrogens with zero attached hydrogens (tertiary/aromatic N) is 2. The van der Waals surface area contributed by atoms with Crippen LogP contribution in [0.5, 0.6) is 0 Å². The lowest BCUT2D eigenvalue weighted by molar-refractivity contribution is -0.383. The number of aromatic nitrogens is 1. The Bertz CT molecular complexity index is 530. The first-order chi connectivity index (χ1) is 7.24. The molecule has 0 saturated carbocycles. The molecule has 0 spiro atoms. The van der Waals surface area contributed by atoms with Crippen LogP contribution in [0.4, 0.5) is 5.69 Å². The van der Waals surface area contributed by atoms with Crippen LogP contribution in [0.2, 0.25) is 0 Å². The molecule has 2 rings (SSSR count). The fourth-order valence-corrected chi connectivity index (χ4v) is 1.62. The number of carbonyl (C=O) groups excluding carboxylic acids is 1. The first-order valence-corrected chi connectivity index (χ1v) is 4.40. The van der Waals surface area contributed by atoms with E-state index in [0.29, 0.717) is 5.52 Å². The number of carbonyl (C=O) groups is 1. The maximum absolute atomic E-state index is 10.8. The third kappa shape index (κ3) is 1.48. The molecule has 0 radical (unpaired) electrons. The van der Waals surface area contributed by atoms with Crippen LogP contribution in [0.3, 0.4) is 0 Å². The van der Waals surface area contributed by atoms with Crippen molar-refractivity contribution in [1.82, 2.24) is 4.57 Å². The van der Waals surface area contributed by atoms with E-state index >= 15 is 0 Å².